The van der Waals surface area contributed by atoms with E-state index in [4.69, 9.17) is 0 Å². The summed E-state index contributed by atoms with van der Waals surface area (Å²) < 4.78 is 0. The number of halogens is 1. The summed E-state index contributed by atoms with van der Waals surface area (Å²) in [5.74, 6) is 1.73. The van der Waals surface area contributed by atoms with Crippen LogP contribution in [0.4, 0.5) is 0 Å². The third-order valence-electron chi connectivity index (χ3n) is 6.30. The number of hydrogen-bond donors (Lipinski definition) is 1. The highest BCUT2D eigenvalue weighted by molar-refractivity contribution is 14.0. The van der Waals surface area contributed by atoms with Gasteiger partial charge in [-0.05, 0) is 56.3 Å². The Labute approximate surface area is 198 Å². The summed E-state index contributed by atoms with van der Waals surface area (Å²) in [5.41, 5.74) is 3.55. The first-order valence-corrected chi connectivity index (χ1v) is 10.9. The van der Waals surface area contributed by atoms with Crippen LogP contribution in [0.5, 0.6) is 0 Å². The summed E-state index contributed by atoms with van der Waals surface area (Å²) >= 11 is 0. The molecule has 2 atom stereocenters. The molecule has 1 N–H and O–H groups in total. The number of hydrogen-bond acceptors (Lipinski definition) is 3. The zero-order valence-corrected chi connectivity index (χ0v) is 20.5. The number of rotatable bonds is 4. The third-order valence-corrected chi connectivity index (χ3v) is 6.30. The average molecular weight is 519 g/mol. The molecule has 2 aromatic rings. The number of likely N-dealkylation sites (tertiary alicyclic amines) is 2. The van der Waals surface area contributed by atoms with Gasteiger partial charge in [0.1, 0.15) is 0 Å². The molecule has 162 valence electrons. The summed E-state index contributed by atoms with van der Waals surface area (Å²) in [6.45, 7) is 7.22. The Morgan fingerprint density at radius 1 is 1.10 bits per heavy atom. The van der Waals surface area contributed by atoms with Gasteiger partial charge in [0.2, 0.25) is 0 Å². The maximum Gasteiger partial charge on any atom is 0.193 e. The number of pyridine rings is 1. The molecule has 2 aliphatic heterocycles. The van der Waals surface area contributed by atoms with Crippen molar-refractivity contribution in [3.63, 3.8) is 0 Å². The van der Waals surface area contributed by atoms with E-state index in [0.29, 0.717) is 6.04 Å². The molecule has 30 heavy (non-hydrogen) atoms. The number of guanidine groups is 1. The summed E-state index contributed by atoms with van der Waals surface area (Å²) in [5, 5.41) is 3.53. The number of fused-ring (bicyclic) bond motifs is 1. The fraction of sp³-hybridized carbons (Fsp3) is 0.500. The van der Waals surface area contributed by atoms with Crippen molar-refractivity contribution in [3.8, 4) is 0 Å². The van der Waals surface area contributed by atoms with Crippen LogP contribution >= 0.6 is 24.0 Å². The van der Waals surface area contributed by atoms with Gasteiger partial charge < -0.3 is 10.2 Å². The quantitative estimate of drug-likeness (QED) is 0.376. The Kier molecular flexibility index (Phi) is 8.50. The standard InChI is InChI=1S/C24H33N5.HI/c1-19-8-6-12-22(27-19)16-26-24(25-2)29-15-13-23-21(18-29)11-7-14-28(23)17-20-9-4-3-5-10-20;/h3-6,8-10,12,21,23H,7,11,13-18H2,1-2H3,(H,25,26);1H. The molecule has 0 amide bonds. The van der Waals surface area contributed by atoms with Crippen molar-refractivity contribution in [2.24, 2.45) is 10.9 Å². The van der Waals surface area contributed by atoms with E-state index in [2.05, 4.69) is 67.6 Å². The SMILES string of the molecule is CN=C(NCc1cccc(C)n1)N1CCC2C(CCCN2Cc2ccccc2)C1.I. The lowest BCUT2D eigenvalue weighted by Crippen LogP contribution is -2.56. The predicted molar refractivity (Wildman–Crippen MR) is 134 cm³/mol. The minimum Gasteiger partial charge on any atom is -0.351 e. The molecule has 1 aromatic heterocycles. The molecule has 0 spiro atoms. The Morgan fingerprint density at radius 2 is 1.93 bits per heavy atom. The maximum atomic E-state index is 4.60. The van der Waals surface area contributed by atoms with Gasteiger partial charge in [0, 0.05) is 38.4 Å². The van der Waals surface area contributed by atoms with Gasteiger partial charge in [-0.2, -0.15) is 0 Å². The van der Waals surface area contributed by atoms with E-state index >= 15 is 0 Å². The van der Waals surface area contributed by atoms with Crippen LogP contribution < -0.4 is 5.32 Å². The van der Waals surface area contributed by atoms with Gasteiger partial charge in [-0.3, -0.25) is 14.9 Å². The number of aryl methyl sites for hydroxylation is 1. The highest BCUT2D eigenvalue weighted by Crippen LogP contribution is 2.31. The fourth-order valence-corrected chi connectivity index (χ4v) is 4.91. The summed E-state index contributed by atoms with van der Waals surface area (Å²) in [4.78, 5) is 14.3. The number of aromatic nitrogens is 1. The lowest BCUT2D eigenvalue weighted by molar-refractivity contribution is 0.0372. The van der Waals surface area contributed by atoms with Crippen LogP contribution in [0.15, 0.2) is 53.5 Å². The van der Waals surface area contributed by atoms with Crippen molar-refractivity contribution in [2.75, 3.05) is 26.7 Å². The van der Waals surface area contributed by atoms with E-state index in [1.54, 1.807) is 0 Å². The molecular formula is C24H34IN5. The van der Waals surface area contributed by atoms with Crippen LogP contribution in [-0.4, -0.2) is 53.5 Å². The molecule has 2 aliphatic rings. The smallest absolute Gasteiger partial charge is 0.193 e. The highest BCUT2D eigenvalue weighted by atomic mass is 127. The molecule has 2 unspecified atom stereocenters. The second kappa shape index (κ2) is 11.1. The Balaban J connectivity index is 0.00000256. The van der Waals surface area contributed by atoms with Crippen LogP contribution in [0.3, 0.4) is 0 Å². The normalized spacial score (nSPS) is 22.2. The van der Waals surface area contributed by atoms with Crippen molar-refractivity contribution in [2.45, 2.75) is 45.3 Å². The zero-order chi connectivity index (χ0) is 20.1. The van der Waals surface area contributed by atoms with Crippen LogP contribution in [0.25, 0.3) is 0 Å². The summed E-state index contributed by atoms with van der Waals surface area (Å²) in [7, 11) is 1.89. The molecule has 1 aromatic carbocycles. The first-order valence-electron chi connectivity index (χ1n) is 10.9. The van der Waals surface area contributed by atoms with Crippen molar-refractivity contribution in [1.29, 1.82) is 0 Å². The number of nitrogens with one attached hydrogen (secondary N) is 1. The zero-order valence-electron chi connectivity index (χ0n) is 18.1. The van der Waals surface area contributed by atoms with E-state index in [0.717, 1.165) is 49.4 Å². The van der Waals surface area contributed by atoms with Gasteiger partial charge in [0.25, 0.3) is 0 Å². The van der Waals surface area contributed by atoms with Crippen LogP contribution in [0.1, 0.15) is 36.2 Å². The largest absolute Gasteiger partial charge is 0.351 e. The van der Waals surface area contributed by atoms with Gasteiger partial charge in [-0.25, -0.2) is 0 Å². The van der Waals surface area contributed by atoms with E-state index in [1.165, 1.54) is 31.4 Å². The van der Waals surface area contributed by atoms with E-state index < -0.39 is 0 Å². The van der Waals surface area contributed by atoms with Crippen LogP contribution in [-0.2, 0) is 13.1 Å². The molecule has 6 heteroatoms. The van der Waals surface area contributed by atoms with Crippen molar-refractivity contribution in [3.05, 3.63) is 65.5 Å². The molecule has 0 aliphatic carbocycles. The van der Waals surface area contributed by atoms with Crippen molar-refractivity contribution < 1.29 is 0 Å². The van der Waals surface area contributed by atoms with Crippen molar-refractivity contribution in [1.82, 2.24) is 20.1 Å². The third kappa shape index (κ3) is 5.72. The first-order chi connectivity index (χ1) is 14.2. The number of benzene rings is 1. The van der Waals surface area contributed by atoms with E-state index in [9.17, 15) is 0 Å². The average Bonchev–Trinajstić information content (AvgIpc) is 2.75. The first kappa shape index (κ1) is 23.0. The van der Waals surface area contributed by atoms with E-state index in [1.807, 2.05) is 20.0 Å². The Hall–Kier alpha value is -1.67. The van der Waals surface area contributed by atoms with E-state index in [-0.39, 0.29) is 24.0 Å². The van der Waals surface area contributed by atoms with Gasteiger partial charge in [-0.1, -0.05) is 36.4 Å². The van der Waals surface area contributed by atoms with Gasteiger partial charge in [0.05, 0.1) is 12.2 Å². The van der Waals surface area contributed by atoms with Gasteiger partial charge in [-0.15, -0.1) is 24.0 Å². The van der Waals surface area contributed by atoms with Crippen LogP contribution in [0, 0.1) is 12.8 Å². The molecule has 0 radical (unpaired) electrons. The molecule has 0 saturated carbocycles. The molecule has 0 bridgehead atoms. The molecule has 5 nitrogen and oxygen atoms in total. The Morgan fingerprint density at radius 3 is 2.70 bits per heavy atom. The molecule has 4 rings (SSSR count). The van der Waals surface area contributed by atoms with Gasteiger partial charge >= 0.3 is 0 Å². The Bertz CT molecular complexity index is 825. The monoisotopic (exact) mass is 519 g/mol. The number of piperidine rings is 2. The fourth-order valence-electron chi connectivity index (χ4n) is 4.91. The van der Waals surface area contributed by atoms with Crippen molar-refractivity contribution >= 4 is 29.9 Å². The minimum absolute atomic E-state index is 0. The number of nitrogens with zero attached hydrogens (tertiary/aromatic N) is 4. The second-order valence-corrected chi connectivity index (χ2v) is 8.33. The van der Waals surface area contributed by atoms with Crippen LogP contribution in [0.2, 0.25) is 0 Å². The molecule has 3 heterocycles. The summed E-state index contributed by atoms with van der Waals surface area (Å²) in [6, 6.07) is 17.8. The lowest BCUT2D eigenvalue weighted by Gasteiger charge is -2.48. The highest BCUT2D eigenvalue weighted by Gasteiger charge is 2.36. The predicted octanol–water partition coefficient (Wildman–Crippen LogP) is 4.07. The lowest BCUT2D eigenvalue weighted by atomic mass is 9.83. The van der Waals surface area contributed by atoms with Gasteiger partial charge in [0.15, 0.2) is 5.96 Å². The number of aliphatic imine (C=N–C) groups is 1. The molecular weight excluding hydrogens is 485 g/mol. The second-order valence-electron chi connectivity index (χ2n) is 8.33. The topological polar surface area (TPSA) is 43.8 Å². The maximum absolute atomic E-state index is 4.60. The molecule has 2 fully saturated rings. The molecule has 2 saturated heterocycles. The summed E-state index contributed by atoms with van der Waals surface area (Å²) in [6.07, 6.45) is 3.82. The minimum atomic E-state index is 0.